The van der Waals surface area contributed by atoms with Gasteiger partial charge < -0.3 is 5.32 Å². The van der Waals surface area contributed by atoms with Gasteiger partial charge in [0.25, 0.3) is 5.91 Å². The van der Waals surface area contributed by atoms with Crippen LogP contribution in [0.2, 0.25) is 0 Å². The molecule has 0 aliphatic heterocycles. The van der Waals surface area contributed by atoms with Crippen LogP contribution in [0.4, 0.5) is 14.6 Å². The zero-order valence-corrected chi connectivity index (χ0v) is 15.1. The summed E-state index contributed by atoms with van der Waals surface area (Å²) in [5.41, 5.74) is 2.90. The molecule has 144 valence electrons. The first kappa shape index (κ1) is 18.5. The number of amides is 1. The van der Waals surface area contributed by atoms with Gasteiger partial charge in [0, 0.05) is 22.6 Å². The minimum Gasteiger partial charge on any atom is -0.305 e. The van der Waals surface area contributed by atoms with Crippen LogP contribution in [0, 0.1) is 11.6 Å². The van der Waals surface area contributed by atoms with Crippen LogP contribution in [-0.4, -0.2) is 22.4 Å². The Hall–Kier alpha value is -3.87. The van der Waals surface area contributed by atoms with Crippen molar-refractivity contribution in [3.63, 3.8) is 0 Å². The van der Waals surface area contributed by atoms with Gasteiger partial charge in [-0.15, -0.1) is 0 Å². The van der Waals surface area contributed by atoms with E-state index < -0.39 is 11.6 Å². The maximum Gasteiger partial charge on any atom is 0.256 e. The van der Waals surface area contributed by atoms with Crippen LogP contribution in [0.5, 0.6) is 0 Å². The highest BCUT2D eigenvalue weighted by molar-refractivity contribution is 6.08. The molecule has 0 fully saturated rings. The third kappa shape index (κ3) is 4.03. The van der Waals surface area contributed by atoms with Crippen LogP contribution in [0.25, 0.3) is 10.9 Å². The number of nitrogens with zero attached hydrogens (tertiary/aromatic N) is 1. The number of aromatic nitrogens is 2. The van der Waals surface area contributed by atoms with Crippen molar-refractivity contribution in [2.75, 3.05) is 5.32 Å². The predicted octanol–water partition coefficient (Wildman–Crippen LogP) is 4.50. The summed E-state index contributed by atoms with van der Waals surface area (Å²) in [5.74, 6) is -1.28. The fraction of sp³-hybridized carbons (Fsp3) is 0.0455. The van der Waals surface area contributed by atoms with E-state index in [0.29, 0.717) is 46.1 Å². The Morgan fingerprint density at radius 3 is 2.38 bits per heavy atom. The number of anilines is 1. The summed E-state index contributed by atoms with van der Waals surface area (Å²) >= 11 is 0. The van der Waals surface area contributed by atoms with Crippen molar-refractivity contribution in [1.82, 2.24) is 10.2 Å². The number of aldehydes is 1. The van der Waals surface area contributed by atoms with Crippen molar-refractivity contribution < 1.29 is 18.4 Å². The maximum atomic E-state index is 13.4. The van der Waals surface area contributed by atoms with Gasteiger partial charge in [-0.25, -0.2) is 8.78 Å². The number of hydrogen-bond donors (Lipinski definition) is 2. The van der Waals surface area contributed by atoms with Crippen molar-refractivity contribution in [3.8, 4) is 0 Å². The molecule has 0 unspecified atom stereocenters. The molecule has 1 heterocycles. The molecule has 29 heavy (non-hydrogen) atoms. The standard InChI is InChI=1S/C22H15F2N3O2/c23-17-8-15(9-18(24)11-17)7-14-3-6-20-19(10-14)21(27-26-20)25-22(29)16-4-1-13(12-28)2-5-16/h1-6,8-12H,7H2,(H2,25,26,27,29). The molecule has 1 aromatic heterocycles. The number of carbonyl (C=O) groups excluding carboxylic acids is 2. The molecule has 0 saturated carbocycles. The third-order valence-corrected chi connectivity index (χ3v) is 4.50. The topological polar surface area (TPSA) is 74.8 Å². The van der Waals surface area contributed by atoms with E-state index in [1.807, 2.05) is 12.1 Å². The number of nitrogens with one attached hydrogen (secondary N) is 2. The molecule has 3 aromatic carbocycles. The molecule has 4 rings (SSSR count). The van der Waals surface area contributed by atoms with Gasteiger partial charge in [-0.05, 0) is 53.9 Å². The third-order valence-electron chi connectivity index (χ3n) is 4.50. The van der Waals surface area contributed by atoms with Crippen LogP contribution in [-0.2, 0) is 6.42 Å². The zero-order valence-electron chi connectivity index (χ0n) is 15.1. The van der Waals surface area contributed by atoms with Gasteiger partial charge in [-0.2, -0.15) is 5.10 Å². The molecule has 7 heteroatoms. The number of rotatable bonds is 5. The molecule has 0 aliphatic rings. The van der Waals surface area contributed by atoms with E-state index in [9.17, 15) is 18.4 Å². The molecule has 0 radical (unpaired) electrons. The molecule has 0 spiro atoms. The maximum absolute atomic E-state index is 13.4. The van der Waals surface area contributed by atoms with E-state index in [2.05, 4.69) is 15.5 Å². The number of benzene rings is 3. The van der Waals surface area contributed by atoms with Crippen LogP contribution in [0.1, 0.15) is 31.8 Å². The SMILES string of the molecule is O=Cc1ccc(C(=O)Nc2n[nH]c3ccc(Cc4cc(F)cc(F)c4)cc23)cc1. The van der Waals surface area contributed by atoms with E-state index in [1.165, 1.54) is 12.1 Å². The lowest BCUT2D eigenvalue weighted by Gasteiger charge is -2.05. The van der Waals surface area contributed by atoms with Gasteiger partial charge in [-0.3, -0.25) is 14.7 Å². The molecule has 0 aliphatic carbocycles. The second-order valence-corrected chi connectivity index (χ2v) is 6.60. The number of halogens is 2. The second kappa shape index (κ2) is 7.63. The predicted molar refractivity (Wildman–Crippen MR) is 105 cm³/mol. The largest absolute Gasteiger partial charge is 0.305 e. The Labute approximate surface area is 164 Å². The summed E-state index contributed by atoms with van der Waals surface area (Å²) in [4.78, 5) is 23.2. The van der Waals surface area contributed by atoms with Crippen molar-refractivity contribution in [1.29, 1.82) is 0 Å². The Morgan fingerprint density at radius 1 is 0.966 bits per heavy atom. The van der Waals surface area contributed by atoms with Crippen molar-refractivity contribution in [2.45, 2.75) is 6.42 Å². The first-order valence-corrected chi connectivity index (χ1v) is 8.80. The van der Waals surface area contributed by atoms with Gasteiger partial charge in [0.05, 0.1) is 5.52 Å². The quantitative estimate of drug-likeness (QED) is 0.492. The monoisotopic (exact) mass is 391 g/mol. The van der Waals surface area contributed by atoms with Gasteiger partial charge in [0.1, 0.15) is 17.9 Å². The van der Waals surface area contributed by atoms with Crippen molar-refractivity contribution >= 4 is 28.9 Å². The Kier molecular flexibility index (Phi) is 4.87. The molecule has 1 amide bonds. The van der Waals surface area contributed by atoms with Crippen LogP contribution in [0.15, 0.2) is 60.7 Å². The van der Waals surface area contributed by atoms with Gasteiger partial charge in [-0.1, -0.05) is 18.2 Å². The highest BCUT2D eigenvalue weighted by Gasteiger charge is 2.12. The molecule has 5 nitrogen and oxygen atoms in total. The fourth-order valence-corrected chi connectivity index (χ4v) is 3.11. The number of H-pyrrole nitrogens is 1. The summed E-state index contributed by atoms with van der Waals surface area (Å²) in [6, 6.07) is 15.1. The molecule has 2 N–H and O–H groups in total. The van der Waals surface area contributed by atoms with Crippen molar-refractivity contribution in [2.24, 2.45) is 0 Å². The van der Waals surface area contributed by atoms with E-state index >= 15 is 0 Å². The average molecular weight is 391 g/mol. The number of aromatic amines is 1. The Bertz CT molecular complexity index is 1200. The molecular formula is C22H15F2N3O2. The van der Waals surface area contributed by atoms with Crippen LogP contribution < -0.4 is 5.32 Å². The molecule has 4 aromatic rings. The van der Waals surface area contributed by atoms with E-state index in [-0.39, 0.29) is 5.91 Å². The Balaban J connectivity index is 1.59. The Morgan fingerprint density at radius 2 is 1.69 bits per heavy atom. The minimum absolute atomic E-state index is 0.330. The van der Waals surface area contributed by atoms with E-state index in [1.54, 1.807) is 30.3 Å². The summed E-state index contributed by atoms with van der Waals surface area (Å²) in [5, 5.41) is 10.4. The van der Waals surface area contributed by atoms with Crippen LogP contribution >= 0.6 is 0 Å². The smallest absolute Gasteiger partial charge is 0.256 e. The highest BCUT2D eigenvalue weighted by Crippen LogP contribution is 2.24. The molecular weight excluding hydrogens is 376 g/mol. The lowest BCUT2D eigenvalue weighted by Crippen LogP contribution is -2.12. The first-order valence-electron chi connectivity index (χ1n) is 8.80. The highest BCUT2D eigenvalue weighted by atomic mass is 19.1. The summed E-state index contributed by atoms with van der Waals surface area (Å²) < 4.78 is 26.9. The fourth-order valence-electron chi connectivity index (χ4n) is 3.11. The summed E-state index contributed by atoms with van der Waals surface area (Å²) in [6.45, 7) is 0. The molecule has 0 bridgehead atoms. The van der Waals surface area contributed by atoms with E-state index in [4.69, 9.17) is 0 Å². The van der Waals surface area contributed by atoms with Gasteiger partial charge >= 0.3 is 0 Å². The second-order valence-electron chi connectivity index (χ2n) is 6.60. The lowest BCUT2D eigenvalue weighted by molar-refractivity contribution is 0.102. The first-order chi connectivity index (χ1) is 14.0. The molecule has 0 saturated heterocycles. The lowest BCUT2D eigenvalue weighted by atomic mass is 10.0. The van der Waals surface area contributed by atoms with Gasteiger partial charge in [0.15, 0.2) is 5.82 Å². The number of carbonyl (C=O) groups is 2. The summed E-state index contributed by atoms with van der Waals surface area (Å²) in [7, 11) is 0. The number of hydrogen-bond acceptors (Lipinski definition) is 3. The van der Waals surface area contributed by atoms with Gasteiger partial charge in [0.2, 0.25) is 0 Å². The van der Waals surface area contributed by atoms with Crippen LogP contribution in [0.3, 0.4) is 0 Å². The van der Waals surface area contributed by atoms with E-state index in [0.717, 1.165) is 11.6 Å². The zero-order chi connectivity index (χ0) is 20.4. The molecule has 0 atom stereocenters. The van der Waals surface area contributed by atoms with Crippen molar-refractivity contribution in [3.05, 3.63) is 94.6 Å². The average Bonchev–Trinajstić information content (AvgIpc) is 3.09. The summed E-state index contributed by atoms with van der Waals surface area (Å²) in [6.07, 6.45) is 1.03. The normalized spacial score (nSPS) is 10.8. The minimum atomic E-state index is -0.627. The number of fused-ring (bicyclic) bond motifs is 1.